The van der Waals surface area contributed by atoms with Crippen LogP contribution in [0.15, 0.2) is 73.2 Å². The molecule has 0 radical (unpaired) electrons. The topological polar surface area (TPSA) is 84.2 Å². The fourth-order valence-electron chi connectivity index (χ4n) is 3.91. The summed E-state index contributed by atoms with van der Waals surface area (Å²) in [6, 6.07) is 17.2. The third-order valence-electron chi connectivity index (χ3n) is 5.90. The molecule has 172 valence electrons. The SMILES string of the molecule is CN[C@@H](C)C(=O)Nc1ccc(-c2c(C)nc3ccccn23)c(C#Cc2ccc3cnccc3c2)n1. The van der Waals surface area contributed by atoms with Crippen molar-refractivity contribution >= 4 is 28.1 Å². The second kappa shape index (κ2) is 9.37. The summed E-state index contributed by atoms with van der Waals surface area (Å²) in [5, 5.41) is 7.93. The van der Waals surface area contributed by atoms with Gasteiger partial charge in [-0.25, -0.2) is 9.97 Å². The first-order valence-corrected chi connectivity index (χ1v) is 11.3. The van der Waals surface area contributed by atoms with Gasteiger partial charge in [-0.15, -0.1) is 0 Å². The second-order valence-electron chi connectivity index (χ2n) is 8.25. The number of rotatable bonds is 4. The predicted octanol–water partition coefficient (Wildman–Crippen LogP) is 4.20. The Bertz CT molecular complexity index is 1630. The Morgan fingerprint density at radius 2 is 1.91 bits per heavy atom. The normalized spacial score (nSPS) is 11.7. The molecule has 4 heterocycles. The number of carbonyl (C=O) groups excluding carboxylic acids is 1. The van der Waals surface area contributed by atoms with Crippen molar-refractivity contribution in [2.75, 3.05) is 12.4 Å². The molecular weight excluding hydrogens is 436 g/mol. The average molecular weight is 461 g/mol. The Balaban J connectivity index is 1.62. The summed E-state index contributed by atoms with van der Waals surface area (Å²) >= 11 is 0. The zero-order valence-corrected chi connectivity index (χ0v) is 19.7. The van der Waals surface area contributed by atoms with Gasteiger partial charge in [0.1, 0.15) is 17.2 Å². The minimum absolute atomic E-state index is 0.166. The van der Waals surface area contributed by atoms with E-state index < -0.39 is 0 Å². The molecule has 0 saturated carbocycles. The number of amides is 1. The van der Waals surface area contributed by atoms with Crippen molar-refractivity contribution in [1.82, 2.24) is 24.7 Å². The predicted molar refractivity (Wildman–Crippen MR) is 138 cm³/mol. The smallest absolute Gasteiger partial charge is 0.242 e. The highest BCUT2D eigenvalue weighted by molar-refractivity contribution is 5.94. The lowest BCUT2D eigenvalue weighted by Crippen LogP contribution is -2.35. The maximum absolute atomic E-state index is 12.4. The van der Waals surface area contributed by atoms with Gasteiger partial charge in [0.25, 0.3) is 0 Å². The lowest BCUT2D eigenvalue weighted by Gasteiger charge is -2.12. The van der Waals surface area contributed by atoms with E-state index in [1.165, 1.54) is 0 Å². The Labute approximate surface area is 203 Å². The van der Waals surface area contributed by atoms with Gasteiger partial charge in [-0.3, -0.25) is 14.2 Å². The van der Waals surface area contributed by atoms with Crippen LogP contribution in [0.2, 0.25) is 0 Å². The van der Waals surface area contributed by atoms with E-state index in [0.717, 1.165) is 38.9 Å². The van der Waals surface area contributed by atoms with Gasteiger partial charge < -0.3 is 10.6 Å². The molecule has 0 aliphatic carbocycles. The van der Waals surface area contributed by atoms with E-state index in [2.05, 4.69) is 27.5 Å². The van der Waals surface area contributed by atoms with Crippen LogP contribution in [0.1, 0.15) is 23.9 Å². The van der Waals surface area contributed by atoms with Crippen molar-refractivity contribution in [3.8, 4) is 23.1 Å². The summed E-state index contributed by atoms with van der Waals surface area (Å²) in [5.74, 6) is 6.78. The molecule has 0 aliphatic rings. The highest BCUT2D eigenvalue weighted by Crippen LogP contribution is 2.28. The molecule has 1 aromatic carbocycles. The molecule has 1 atom stereocenters. The van der Waals surface area contributed by atoms with Crippen LogP contribution >= 0.6 is 0 Å². The summed E-state index contributed by atoms with van der Waals surface area (Å²) in [7, 11) is 1.74. The number of aryl methyl sites for hydroxylation is 1. The molecule has 0 unspecified atom stereocenters. The molecule has 0 saturated heterocycles. The van der Waals surface area contributed by atoms with Gasteiger partial charge in [0.05, 0.1) is 17.4 Å². The molecule has 0 spiro atoms. The van der Waals surface area contributed by atoms with E-state index in [1.807, 2.05) is 72.2 Å². The highest BCUT2D eigenvalue weighted by Gasteiger charge is 2.17. The van der Waals surface area contributed by atoms with Crippen molar-refractivity contribution in [3.63, 3.8) is 0 Å². The van der Waals surface area contributed by atoms with E-state index in [-0.39, 0.29) is 11.9 Å². The van der Waals surface area contributed by atoms with Crippen LogP contribution in [0.5, 0.6) is 0 Å². The maximum atomic E-state index is 12.4. The number of hydrogen-bond acceptors (Lipinski definition) is 5. The van der Waals surface area contributed by atoms with Gasteiger partial charge in [-0.05, 0) is 74.7 Å². The summed E-state index contributed by atoms with van der Waals surface area (Å²) in [6.07, 6.45) is 5.58. The number of benzene rings is 1. The first-order chi connectivity index (χ1) is 17.0. The Morgan fingerprint density at radius 3 is 2.77 bits per heavy atom. The summed E-state index contributed by atoms with van der Waals surface area (Å²) in [5.41, 5.74) is 4.91. The number of imidazole rings is 1. The number of carbonyl (C=O) groups is 1. The number of anilines is 1. The van der Waals surface area contributed by atoms with E-state index in [0.29, 0.717) is 11.5 Å². The summed E-state index contributed by atoms with van der Waals surface area (Å²) in [4.78, 5) is 26.0. The van der Waals surface area contributed by atoms with E-state index >= 15 is 0 Å². The van der Waals surface area contributed by atoms with Crippen molar-refractivity contribution in [2.45, 2.75) is 19.9 Å². The molecule has 0 aliphatic heterocycles. The van der Waals surface area contributed by atoms with Crippen LogP contribution in [0.4, 0.5) is 5.82 Å². The quantitative estimate of drug-likeness (QED) is 0.393. The zero-order valence-electron chi connectivity index (χ0n) is 19.7. The zero-order chi connectivity index (χ0) is 24.4. The molecule has 5 rings (SSSR count). The first-order valence-electron chi connectivity index (χ1n) is 11.3. The van der Waals surface area contributed by atoms with Crippen molar-refractivity contribution in [1.29, 1.82) is 0 Å². The number of fused-ring (bicyclic) bond motifs is 2. The largest absolute Gasteiger partial charge is 0.309 e. The molecule has 7 heteroatoms. The molecule has 0 fully saturated rings. The molecule has 0 bridgehead atoms. The number of hydrogen-bond donors (Lipinski definition) is 2. The fourth-order valence-corrected chi connectivity index (χ4v) is 3.91. The standard InChI is InChI=1S/C28H24N6O/c1-18-27(34-15-5-4-6-26(34)31-18)23-10-12-25(33-28(35)19(2)29-3)32-24(23)11-8-20-7-9-22-17-30-14-13-21(22)16-20/h4-7,9-10,12-17,19,29H,1-3H3,(H,32,33,35)/t19-/m0/s1. The second-order valence-corrected chi connectivity index (χ2v) is 8.25. The molecule has 1 amide bonds. The van der Waals surface area contributed by atoms with Crippen molar-refractivity contribution in [3.05, 3.63) is 90.1 Å². The highest BCUT2D eigenvalue weighted by atomic mass is 16.2. The van der Waals surface area contributed by atoms with E-state index in [9.17, 15) is 4.79 Å². The van der Waals surface area contributed by atoms with Gasteiger partial charge in [-0.1, -0.05) is 18.1 Å². The Kier molecular flexibility index (Phi) is 5.96. The summed E-state index contributed by atoms with van der Waals surface area (Å²) < 4.78 is 2.03. The number of pyridine rings is 3. The minimum atomic E-state index is -0.348. The van der Waals surface area contributed by atoms with Gasteiger partial charge in [-0.2, -0.15) is 0 Å². The van der Waals surface area contributed by atoms with E-state index in [4.69, 9.17) is 9.97 Å². The molecular formula is C28H24N6O. The summed E-state index contributed by atoms with van der Waals surface area (Å²) in [6.45, 7) is 3.77. The Morgan fingerprint density at radius 1 is 1.03 bits per heavy atom. The third-order valence-corrected chi connectivity index (χ3v) is 5.90. The monoisotopic (exact) mass is 460 g/mol. The minimum Gasteiger partial charge on any atom is -0.309 e. The van der Waals surface area contributed by atoms with Gasteiger partial charge in [0.15, 0.2) is 0 Å². The molecule has 35 heavy (non-hydrogen) atoms. The lowest BCUT2D eigenvalue weighted by molar-refractivity contribution is -0.117. The van der Waals surface area contributed by atoms with Crippen LogP contribution in [-0.2, 0) is 4.79 Å². The molecule has 4 aromatic heterocycles. The number of nitrogens with one attached hydrogen (secondary N) is 2. The van der Waals surface area contributed by atoms with Crippen LogP contribution < -0.4 is 10.6 Å². The molecule has 2 N–H and O–H groups in total. The van der Waals surface area contributed by atoms with Crippen LogP contribution in [-0.4, -0.2) is 38.3 Å². The van der Waals surface area contributed by atoms with Gasteiger partial charge in [0, 0.05) is 35.1 Å². The van der Waals surface area contributed by atoms with E-state index in [1.54, 1.807) is 26.2 Å². The average Bonchev–Trinajstić information content (AvgIpc) is 3.22. The fraction of sp³-hybridized carbons (Fsp3) is 0.143. The number of nitrogens with zero attached hydrogens (tertiary/aromatic N) is 4. The maximum Gasteiger partial charge on any atom is 0.242 e. The van der Waals surface area contributed by atoms with Gasteiger partial charge in [0.2, 0.25) is 5.91 Å². The number of aromatic nitrogens is 4. The van der Waals surface area contributed by atoms with Gasteiger partial charge >= 0.3 is 0 Å². The lowest BCUT2D eigenvalue weighted by atomic mass is 10.1. The van der Waals surface area contributed by atoms with Crippen LogP contribution in [0.25, 0.3) is 27.7 Å². The first kappa shape index (κ1) is 22.3. The molecule has 7 nitrogen and oxygen atoms in total. The van der Waals surface area contributed by atoms with Crippen molar-refractivity contribution < 1.29 is 4.79 Å². The van der Waals surface area contributed by atoms with Crippen molar-refractivity contribution in [2.24, 2.45) is 0 Å². The van der Waals surface area contributed by atoms with Crippen LogP contribution in [0.3, 0.4) is 0 Å². The van der Waals surface area contributed by atoms with Crippen LogP contribution in [0, 0.1) is 18.8 Å². The number of likely N-dealkylation sites (N-methyl/N-ethyl adjacent to an activating group) is 1. The Hall–Kier alpha value is -4.54. The third kappa shape index (κ3) is 4.47. The molecule has 5 aromatic rings.